The Bertz CT molecular complexity index is 1200. The Morgan fingerprint density at radius 3 is 2.38 bits per heavy atom. The number of ether oxygens (including phenoxy) is 1. The second-order valence-electron chi connectivity index (χ2n) is 7.48. The second kappa shape index (κ2) is 9.04. The highest BCUT2D eigenvalue weighted by Crippen LogP contribution is 2.34. The van der Waals surface area contributed by atoms with E-state index in [4.69, 9.17) is 4.74 Å². The summed E-state index contributed by atoms with van der Waals surface area (Å²) in [5.74, 6) is 0.120. The fourth-order valence-corrected chi connectivity index (χ4v) is 4.57. The molecule has 7 heteroatoms. The van der Waals surface area contributed by atoms with Gasteiger partial charge in [0, 0.05) is 17.1 Å². The van der Waals surface area contributed by atoms with Gasteiger partial charge < -0.3 is 9.30 Å². The smallest absolute Gasteiger partial charge is 0.293 e. The SMILES string of the molecule is CCOc1ccc(-n2c(C)cc(/C=C3\SC(=O)N(Cc4ccc(F)cc4)C3=O)c2C)cc1. The molecule has 5 nitrogen and oxygen atoms in total. The number of aromatic nitrogens is 1. The van der Waals surface area contributed by atoms with Crippen molar-refractivity contribution in [2.24, 2.45) is 0 Å². The summed E-state index contributed by atoms with van der Waals surface area (Å²) in [4.78, 5) is 26.9. The highest BCUT2D eigenvalue weighted by atomic mass is 32.2. The lowest BCUT2D eigenvalue weighted by Crippen LogP contribution is -2.27. The summed E-state index contributed by atoms with van der Waals surface area (Å²) in [6, 6.07) is 15.6. The molecule has 0 aliphatic carbocycles. The van der Waals surface area contributed by atoms with Crippen LogP contribution in [0.4, 0.5) is 9.18 Å². The van der Waals surface area contributed by atoms with E-state index in [2.05, 4.69) is 4.57 Å². The molecule has 4 rings (SSSR count). The fraction of sp³-hybridized carbons (Fsp3) is 0.200. The zero-order valence-electron chi connectivity index (χ0n) is 18.1. The number of rotatable bonds is 6. The maximum atomic E-state index is 13.1. The van der Waals surface area contributed by atoms with E-state index >= 15 is 0 Å². The van der Waals surface area contributed by atoms with Crippen molar-refractivity contribution in [3.05, 3.63) is 87.8 Å². The van der Waals surface area contributed by atoms with Crippen LogP contribution >= 0.6 is 11.8 Å². The molecule has 1 saturated heterocycles. The van der Waals surface area contributed by atoms with Gasteiger partial charge in [-0.3, -0.25) is 14.5 Å². The zero-order chi connectivity index (χ0) is 22.8. The molecule has 2 aromatic carbocycles. The maximum Gasteiger partial charge on any atom is 0.293 e. The molecule has 3 aromatic rings. The third-order valence-electron chi connectivity index (χ3n) is 5.29. The van der Waals surface area contributed by atoms with Gasteiger partial charge in [-0.1, -0.05) is 12.1 Å². The molecule has 1 aliphatic heterocycles. The van der Waals surface area contributed by atoms with E-state index in [-0.39, 0.29) is 23.5 Å². The van der Waals surface area contributed by atoms with Gasteiger partial charge in [0.2, 0.25) is 0 Å². The Balaban J connectivity index is 1.58. The van der Waals surface area contributed by atoms with Crippen LogP contribution in [-0.4, -0.2) is 27.2 Å². The molecule has 0 saturated carbocycles. The summed E-state index contributed by atoms with van der Waals surface area (Å²) in [5.41, 5.74) is 4.56. The summed E-state index contributed by atoms with van der Waals surface area (Å²) < 4.78 is 20.8. The first-order chi connectivity index (χ1) is 15.4. The Labute approximate surface area is 190 Å². The monoisotopic (exact) mass is 450 g/mol. The number of hydrogen-bond acceptors (Lipinski definition) is 4. The molecule has 1 fully saturated rings. The van der Waals surface area contributed by atoms with Gasteiger partial charge in [-0.25, -0.2) is 4.39 Å². The lowest BCUT2D eigenvalue weighted by atomic mass is 10.2. The van der Waals surface area contributed by atoms with Gasteiger partial charge in [0.25, 0.3) is 11.1 Å². The van der Waals surface area contributed by atoms with Crippen molar-refractivity contribution in [3.8, 4) is 11.4 Å². The third-order valence-corrected chi connectivity index (χ3v) is 6.20. The van der Waals surface area contributed by atoms with E-state index in [1.54, 1.807) is 18.2 Å². The Morgan fingerprint density at radius 2 is 1.72 bits per heavy atom. The van der Waals surface area contributed by atoms with E-state index in [0.717, 1.165) is 40.2 Å². The van der Waals surface area contributed by atoms with Gasteiger partial charge in [0.05, 0.1) is 18.1 Å². The summed E-state index contributed by atoms with van der Waals surface area (Å²) in [6.07, 6.45) is 1.77. The first kappa shape index (κ1) is 21.9. The summed E-state index contributed by atoms with van der Waals surface area (Å²) in [5, 5.41) is -0.328. The number of aryl methyl sites for hydroxylation is 1. The second-order valence-corrected chi connectivity index (χ2v) is 8.48. The van der Waals surface area contributed by atoms with Crippen molar-refractivity contribution >= 4 is 29.0 Å². The Hall–Kier alpha value is -3.32. The van der Waals surface area contributed by atoms with Gasteiger partial charge in [-0.05, 0) is 92.2 Å². The standard InChI is InChI=1S/C25H23FN2O3S/c1-4-31-22-11-9-21(10-12-22)28-16(2)13-19(17(28)3)14-23-24(29)27(25(30)32-23)15-18-5-7-20(26)8-6-18/h5-14H,4,15H2,1-3H3/b23-14-. The maximum absolute atomic E-state index is 13.1. The van der Waals surface area contributed by atoms with Gasteiger partial charge in [0.1, 0.15) is 11.6 Å². The van der Waals surface area contributed by atoms with Crippen LogP contribution in [0.25, 0.3) is 11.8 Å². The molecule has 0 spiro atoms. The number of benzene rings is 2. The largest absolute Gasteiger partial charge is 0.494 e. The normalized spacial score (nSPS) is 15.1. The molecular weight excluding hydrogens is 427 g/mol. The van der Waals surface area contributed by atoms with Crippen LogP contribution in [0.15, 0.2) is 59.5 Å². The average Bonchev–Trinajstić information content (AvgIpc) is 3.20. The molecule has 2 amide bonds. The number of carbonyl (C=O) groups is 2. The van der Waals surface area contributed by atoms with E-state index < -0.39 is 0 Å². The molecule has 0 N–H and O–H groups in total. The predicted octanol–water partition coefficient (Wildman–Crippen LogP) is 5.87. The van der Waals surface area contributed by atoms with Crippen LogP contribution < -0.4 is 4.74 Å². The number of thioether (sulfide) groups is 1. The molecule has 1 aromatic heterocycles. The minimum absolute atomic E-state index is 0.119. The van der Waals surface area contributed by atoms with E-state index in [9.17, 15) is 14.0 Å². The molecule has 2 heterocycles. The van der Waals surface area contributed by atoms with Crippen molar-refractivity contribution < 1.29 is 18.7 Å². The van der Waals surface area contributed by atoms with E-state index in [1.165, 1.54) is 17.0 Å². The topological polar surface area (TPSA) is 51.5 Å². The van der Waals surface area contributed by atoms with E-state index in [0.29, 0.717) is 17.1 Å². The Kier molecular flexibility index (Phi) is 6.19. The third kappa shape index (κ3) is 4.34. The first-order valence-corrected chi connectivity index (χ1v) is 11.1. The quantitative estimate of drug-likeness (QED) is 0.441. The predicted molar refractivity (Wildman–Crippen MR) is 124 cm³/mol. The zero-order valence-corrected chi connectivity index (χ0v) is 18.9. The molecule has 1 aliphatic rings. The first-order valence-electron chi connectivity index (χ1n) is 10.3. The number of hydrogen-bond donors (Lipinski definition) is 0. The van der Waals surface area contributed by atoms with Gasteiger partial charge in [0.15, 0.2) is 0 Å². The van der Waals surface area contributed by atoms with Crippen molar-refractivity contribution in [2.75, 3.05) is 6.61 Å². The van der Waals surface area contributed by atoms with Crippen molar-refractivity contribution in [3.63, 3.8) is 0 Å². The van der Waals surface area contributed by atoms with Gasteiger partial charge in [-0.2, -0.15) is 0 Å². The molecule has 164 valence electrons. The average molecular weight is 451 g/mol. The fourth-order valence-electron chi connectivity index (χ4n) is 3.74. The molecule has 0 bridgehead atoms. The van der Waals surface area contributed by atoms with Crippen LogP contribution in [0.5, 0.6) is 5.75 Å². The minimum atomic E-state index is -0.356. The minimum Gasteiger partial charge on any atom is -0.494 e. The number of amides is 2. The molecule has 0 unspecified atom stereocenters. The van der Waals surface area contributed by atoms with Crippen LogP contribution in [0.3, 0.4) is 0 Å². The lowest BCUT2D eigenvalue weighted by molar-refractivity contribution is -0.123. The molecular formula is C25H23FN2O3S. The van der Waals surface area contributed by atoms with E-state index in [1.807, 2.05) is 51.1 Å². The summed E-state index contributed by atoms with van der Waals surface area (Å²) in [6.45, 7) is 6.66. The number of carbonyl (C=O) groups excluding carboxylic acids is 2. The molecule has 0 radical (unpaired) electrons. The summed E-state index contributed by atoms with van der Waals surface area (Å²) >= 11 is 0.925. The van der Waals surface area contributed by atoms with Gasteiger partial charge in [-0.15, -0.1) is 0 Å². The molecule has 32 heavy (non-hydrogen) atoms. The van der Waals surface area contributed by atoms with Crippen molar-refractivity contribution in [1.29, 1.82) is 0 Å². The lowest BCUT2D eigenvalue weighted by Gasteiger charge is -2.12. The highest BCUT2D eigenvalue weighted by Gasteiger charge is 2.35. The van der Waals surface area contributed by atoms with Crippen molar-refractivity contribution in [1.82, 2.24) is 9.47 Å². The van der Waals surface area contributed by atoms with Crippen LogP contribution in [0.2, 0.25) is 0 Å². The van der Waals surface area contributed by atoms with Crippen LogP contribution in [-0.2, 0) is 11.3 Å². The Morgan fingerprint density at radius 1 is 1.03 bits per heavy atom. The number of imide groups is 1. The highest BCUT2D eigenvalue weighted by molar-refractivity contribution is 8.18. The van der Waals surface area contributed by atoms with Crippen LogP contribution in [0.1, 0.15) is 29.4 Å². The van der Waals surface area contributed by atoms with Crippen LogP contribution in [0, 0.1) is 19.7 Å². The number of nitrogens with zero attached hydrogens (tertiary/aromatic N) is 2. The number of halogens is 1. The molecule has 0 atom stereocenters. The van der Waals surface area contributed by atoms with Gasteiger partial charge >= 0.3 is 0 Å². The van der Waals surface area contributed by atoms with Crippen molar-refractivity contribution in [2.45, 2.75) is 27.3 Å². The summed E-state index contributed by atoms with van der Waals surface area (Å²) in [7, 11) is 0.